The first-order chi connectivity index (χ1) is 23.5. The van der Waals surface area contributed by atoms with Gasteiger partial charge in [-0.15, -0.1) is 0 Å². The van der Waals surface area contributed by atoms with Crippen molar-refractivity contribution in [2.24, 2.45) is 0 Å². The Morgan fingerprint density at radius 1 is 0.417 bits per heavy atom. The zero-order chi connectivity index (χ0) is 35.2. The smallest absolute Gasteiger partial charge is 0.304 e. The van der Waals surface area contributed by atoms with Crippen LogP contribution in [0.4, 0.5) is 0 Å². The van der Waals surface area contributed by atoms with Crippen LogP contribution in [0.15, 0.2) is 0 Å². The number of hydrogen-bond acceptors (Lipinski definition) is 4. The van der Waals surface area contributed by atoms with E-state index >= 15 is 0 Å². The SMILES string of the molecule is CCCCCCCCCCCCCCCCCCC(CCCCCCCCCCCCCCCCCC)(CC(=O)O)SSCCC(=O)O. The van der Waals surface area contributed by atoms with Gasteiger partial charge in [-0.3, -0.25) is 9.59 Å². The van der Waals surface area contributed by atoms with E-state index in [9.17, 15) is 14.7 Å². The highest BCUT2D eigenvalue weighted by Gasteiger charge is 2.33. The number of rotatable bonds is 41. The van der Waals surface area contributed by atoms with Crippen molar-refractivity contribution in [2.75, 3.05) is 5.75 Å². The van der Waals surface area contributed by atoms with Gasteiger partial charge in [0.05, 0.1) is 12.8 Å². The van der Waals surface area contributed by atoms with E-state index in [1.807, 2.05) is 0 Å². The summed E-state index contributed by atoms with van der Waals surface area (Å²) in [6.45, 7) is 4.56. The summed E-state index contributed by atoms with van der Waals surface area (Å²) in [5, 5.41) is 18.9. The third-order valence-electron chi connectivity index (χ3n) is 10.1. The second kappa shape index (κ2) is 37.9. The van der Waals surface area contributed by atoms with Gasteiger partial charge in [0.1, 0.15) is 0 Å². The van der Waals surface area contributed by atoms with Crippen LogP contribution in [-0.2, 0) is 9.59 Å². The van der Waals surface area contributed by atoms with E-state index in [4.69, 9.17) is 5.11 Å². The lowest BCUT2D eigenvalue weighted by atomic mass is 9.90. The van der Waals surface area contributed by atoms with Gasteiger partial charge >= 0.3 is 11.9 Å². The first kappa shape index (κ1) is 47.6. The van der Waals surface area contributed by atoms with E-state index in [2.05, 4.69) is 13.8 Å². The summed E-state index contributed by atoms with van der Waals surface area (Å²) in [5.74, 6) is -0.948. The number of hydrogen-bond donors (Lipinski definition) is 2. The normalized spacial score (nSPS) is 11.8. The Morgan fingerprint density at radius 2 is 0.688 bits per heavy atom. The minimum absolute atomic E-state index is 0.138. The molecule has 0 aliphatic heterocycles. The zero-order valence-electron chi connectivity index (χ0n) is 32.2. The molecular weight excluding hydrogens is 633 g/mol. The summed E-state index contributed by atoms with van der Waals surface area (Å²) in [7, 11) is 3.27. The fourth-order valence-corrected chi connectivity index (χ4v) is 10.1. The maximum absolute atomic E-state index is 12.0. The quantitative estimate of drug-likeness (QED) is 0.0485. The second-order valence-electron chi connectivity index (χ2n) is 14.9. The predicted molar refractivity (Wildman–Crippen MR) is 216 cm³/mol. The number of unbranched alkanes of at least 4 members (excludes halogenated alkanes) is 30. The Kier molecular flexibility index (Phi) is 37.6. The molecule has 0 amide bonds. The molecule has 0 aromatic heterocycles. The molecule has 0 unspecified atom stereocenters. The van der Waals surface area contributed by atoms with Crippen LogP contribution in [0.1, 0.15) is 245 Å². The van der Waals surface area contributed by atoms with Crippen LogP contribution in [0, 0.1) is 0 Å². The lowest BCUT2D eigenvalue weighted by Crippen LogP contribution is -2.28. The van der Waals surface area contributed by atoms with Crippen LogP contribution in [-0.4, -0.2) is 32.7 Å². The van der Waals surface area contributed by atoms with E-state index in [1.165, 1.54) is 193 Å². The van der Waals surface area contributed by atoms with E-state index in [0.29, 0.717) is 5.75 Å². The number of carboxylic acid groups (broad SMARTS) is 2. The van der Waals surface area contributed by atoms with Gasteiger partial charge in [-0.2, -0.15) is 0 Å². The van der Waals surface area contributed by atoms with Gasteiger partial charge in [-0.05, 0) is 12.8 Å². The minimum atomic E-state index is -0.775. The average Bonchev–Trinajstić information content (AvgIpc) is 3.06. The predicted octanol–water partition coefficient (Wildman–Crippen LogP) is 15.4. The third kappa shape index (κ3) is 35.5. The average molecular weight is 715 g/mol. The molecule has 0 fully saturated rings. The zero-order valence-corrected chi connectivity index (χ0v) is 33.8. The molecule has 48 heavy (non-hydrogen) atoms. The molecule has 0 aliphatic rings. The molecule has 4 nitrogen and oxygen atoms in total. The van der Waals surface area contributed by atoms with Gasteiger partial charge in [-0.25, -0.2) is 0 Å². The van der Waals surface area contributed by atoms with E-state index in [1.54, 1.807) is 21.6 Å². The van der Waals surface area contributed by atoms with Crippen molar-refractivity contribution in [3.63, 3.8) is 0 Å². The summed E-state index contributed by atoms with van der Waals surface area (Å²) in [5.41, 5.74) is 0. The van der Waals surface area contributed by atoms with Crippen molar-refractivity contribution in [1.82, 2.24) is 0 Å². The van der Waals surface area contributed by atoms with Gasteiger partial charge in [0.2, 0.25) is 0 Å². The van der Waals surface area contributed by atoms with Gasteiger partial charge in [-0.1, -0.05) is 241 Å². The Hall–Kier alpha value is -0.360. The fourth-order valence-electron chi connectivity index (χ4n) is 6.98. The Morgan fingerprint density at radius 3 is 0.938 bits per heavy atom. The third-order valence-corrected chi connectivity index (χ3v) is 13.4. The molecular formula is C42H82O4S2. The molecule has 0 aliphatic carbocycles. The molecule has 0 saturated heterocycles. The van der Waals surface area contributed by atoms with Crippen LogP contribution in [0.3, 0.4) is 0 Å². The second-order valence-corrected chi connectivity index (χ2v) is 17.8. The van der Waals surface area contributed by atoms with Crippen molar-refractivity contribution < 1.29 is 19.8 Å². The lowest BCUT2D eigenvalue weighted by Gasteiger charge is -2.31. The van der Waals surface area contributed by atoms with Gasteiger partial charge in [0.25, 0.3) is 0 Å². The van der Waals surface area contributed by atoms with Crippen LogP contribution < -0.4 is 0 Å². The van der Waals surface area contributed by atoms with Crippen molar-refractivity contribution in [1.29, 1.82) is 0 Å². The van der Waals surface area contributed by atoms with Gasteiger partial charge in [0.15, 0.2) is 0 Å². The molecule has 0 aromatic carbocycles. The summed E-state index contributed by atoms with van der Waals surface area (Å²) < 4.78 is -0.277. The number of aliphatic carboxylic acids is 2. The molecule has 286 valence electrons. The molecule has 0 atom stereocenters. The van der Waals surface area contributed by atoms with Crippen molar-refractivity contribution in [3.8, 4) is 0 Å². The molecule has 0 radical (unpaired) electrons. The monoisotopic (exact) mass is 715 g/mol. The van der Waals surface area contributed by atoms with Crippen molar-refractivity contribution in [3.05, 3.63) is 0 Å². The molecule has 0 heterocycles. The summed E-state index contributed by atoms with van der Waals surface area (Å²) in [4.78, 5) is 23.0. The highest BCUT2D eigenvalue weighted by atomic mass is 33.1. The Bertz CT molecular complexity index is 651. The first-order valence-electron chi connectivity index (χ1n) is 21.2. The van der Waals surface area contributed by atoms with Crippen LogP contribution in [0.25, 0.3) is 0 Å². The van der Waals surface area contributed by atoms with Gasteiger partial charge < -0.3 is 10.2 Å². The molecule has 0 aromatic rings. The fraction of sp³-hybridized carbons (Fsp3) is 0.952. The molecule has 6 heteroatoms. The molecule has 2 N–H and O–H groups in total. The number of carboxylic acids is 2. The minimum Gasteiger partial charge on any atom is -0.481 e. The van der Waals surface area contributed by atoms with Crippen molar-refractivity contribution >= 4 is 33.5 Å². The van der Waals surface area contributed by atoms with Gasteiger partial charge in [0, 0.05) is 10.5 Å². The Labute approximate surface area is 307 Å². The summed E-state index contributed by atoms with van der Waals surface area (Å²) in [6.07, 6.45) is 45.2. The number of carbonyl (C=O) groups is 2. The first-order valence-corrected chi connectivity index (χ1v) is 23.5. The standard InChI is InChI=1S/C42H82O4S2/c1-3-5-7-9-11-13-15-17-19-21-23-25-27-29-31-33-36-42(39-41(45)46,48-47-38-35-40(43)44)37-34-32-30-28-26-24-22-20-18-16-14-12-10-8-6-4-2/h3-39H2,1-2H3,(H,43,44)(H,45,46). The van der Waals surface area contributed by atoms with E-state index in [0.717, 1.165) is 25.7 Å². The largest absolute Gasteiger partial charge is 0.481 e. The highest BCUT2D eigenvalue weighted by molar-refractivity contribution is 8.77. The van der Waals surface area contributed by atoms with Crippen LogP contribution in [0.5, 0.6) is 0 Å². The highest BCUT2D eigenvalue weighted by Crippen LogP contribution is 2.46. The van der Waals surface area contributed by atoms with Crippen LogP contribution in [0.2, 0.25) is 0 Å². The maximum Gasteiger partial charge on any atom is 0.304 e. The molecule has 0 saturated carbocycles. The Balaban J connectivity index is 4.19. The van der Waals surface area contributed by atoms with Crippen molar-refractivity contribution in [2.45, 2.75) is 250 Å². The topological polar surface area (TPSA) is 74.6 Å². The van der Waals surface area contributed by atoms with E-state index < -0.39 is 11.9 Å². The van der Waals surface area contributed by atoms with E-state index in [-0.39, 0.29) is 17.6 Å². The maximum atomic E-state index is 12.0. The molecule has 0 rings (SSSR count). The van der Waals surface area contributed by atoms with Crippen LogP contribution >= 0.6 is 21.6 Å². The summed E-state index contributed by atoms with van der Waals surface area (Å²) >= 11 is 0. The lowest BCUT2D eigenvalue weighted by molar-refractivity contribution is -0.138. The molecule has 0 spiro atoms. The molecule has 0 bridgehead atoms. The summed E-state index contributed by atoms with van der Waals surface area (Å²) in [6, 6.07) is 0.